The highest BCUT2D eigenvalue weighted by Gasteiger charge is 2.19. The number of rotatable bonds is 8. The van der Waals surface area contributed by atoms with Gasteiger partial charge in [-0.3, -0.25) is 9.69 Å². The summed E-state index contributed by atoms with van der Waals surface area (Å²) in [6.07, 6.45) is 4.19. The molecule has 3 nitrogen and oxygen atoms in total. The number of hydrogen-bond donors (Lipinski definition) is 0. The van der Waals surface area contributed by atoms with Crippen LogP contribution < -0.4 is 0 Å². The zero-order valence-electron chi connectivity index (χ0n) is 11.5. The first kappa shape index (κ1) is 15.4. The van der Waals surface area contributed by atoms with Gasteiger partial charge in [0.05, 0.1) is 13.5 Å². The molecule has 96 valence electrons. The first-order valence-electron chi connectivity index (χ1n) is 6.35. The van der Waals surface area contributed by atoms with E-state index in [-0.39, 0.29) is 12.0 Å². The molecule has 0 aliphatic rings. The Balaban J connectivity index is 4.12. The fourth-order valence-electron chi connectivity index (χ4n) is 1.97. The third-order valence-electron chi connectivity index (χ3n) is 2.94. The summed E-state index contributed by atoms with van der Waals surface area (Å²) in [5, 5.41) is 0. The Labute approximate surface area is 100 Å². The monoisotopic (exact) mass is 229 g/mol. The summed E-state index contributed by atoms with van der Waals surface area (Å²) in [5.41, 5.74) is 0. The standard InChI is InChI=1S/C13H27NO2/c1-6-7-8-9-14(11(2)3)12(4)10-13(15)16-5/h11-12H,6-10H2,1-5H3. The Morgan fingerprint density at radius 2 is 1.88 bits per heavy atom. The van der Waals surface area contributed by atoms with Crippen molar-refractivity contribution in [1.29, 1.82) is 0 Å². The first-order valence-corrected chi connectivity index (χ1v) is 6.35. The molecular weight excluding hydrogens is 202 g/mol. The van der Waals surface area contributed by atoms with Crippen LogP contribution in [0.5, 0.6) is 0 Å². The van der Waals surface area contributed by atoms with Gasteiger partial charge >= 0.3 is 5.97 Å². The number of carbonyl (C=O) groups is 1. The Bertz CT molecular complexity index is 192. The van der Waals surface area contributed by atoms with E-state index in [4.69, 9.17) is 4.74 Å². The van der Waals surface area contributed by atoms with Crippen LogP contribution in [0.1, 0.15) is 53.4 Å². The van der Waals surface area contributed by atoms with Gasteiger partial charge in [-0.25, -0.2) is 0 Å². The summed E-state index contributed by atoms with van der Waals surface area (Å²) in [5.74, 6) is -0.117. The molecule has 0 fully saturated rings. The molecule has 16 heavy (non-hydrogen) atoms. The average molecular weight is 229 g/mol. The normalized spacial score (nSPS) is 13.2. The van der Waals surface area contributed by atoms with Crippen molar-refractivity contribution in [2.24, 2.45) is 0 Å². The van der Waals surface area contributed by atoms with Crippen LogP contribution in [0.25, 0.3) is 0 Å². The van der Waals surface area contributed by atoms with E-state index >= 15 is 0 Å². The van der Waals surface area contributed by atoms with Crippen LogP contribution in [0.15, 0.2) is 0 Å². The number of esters is 1. The van der Waals surface area contributed by atoms with E-state index in [9.17, 15) is 4.79 Å². The molecule has 1 unspecified atom stereocenters. The maximum absolute atomic E-state index is 11.2. The third-order valence-corrected chi connectivity index (χ3v) is 2.94. The highest BCUT2D eigenvalue weighted by molar-refractivity contribution is 5.69. The Kier molecular flexibility index (Phi) is 8.26. The van der Waals surface area contributed by atoms with E-state index in [1.807, 2.05) is 0 Å². The number of nitrogens with zero attached hydrogens (tertiary/aromatic N) is 1. The third kappa shape index (κ3) is 6.11. The first-order chi connectivity index (χ1) is 7.52. The van der Waals surface area contributed by atoms with E-state index in [1.165, 1.54) is 26.4 Å². The fourth-order valence-corrected chi connectivity index (χ4v) is 1.97. The predicted octanol–water partition coefficient (Wildman–Crippen LogP) is 2.84. The molecule has 0 aromatic heterocycles. The van der Waals surface area contributed by atoms with E-state index < -0.39 is 0 Å². The molecule has 0 rings (SSSR count). The van der Waals surface area contributed by atoms with Gasteiger partial charge in [-0.1, -0.05) is 19.8 Å². The quantitative estimate of drug-likeness (QED) is 0.473. The van der Waals surface area contributed by atoms with Crippen molar-refractivity contribution in [2.75, 3.05) is 13.7 Å². The second-order valence-corrected chi connectivity index (χ2v) is 4.67. The maximum atomic E-state index is 11.2. The summed E-state index contributed by atoms with van der Waals surface area (Å²) >= 11 is 0. The number of ether oxygens (including phenoxy) is 1. The lowest BCUT2D eigenvalue weighted by molar-refractivity contribution is -0.142. The SMILES string of the molecule is CCCCCN(C(C)C)C(C)CC(=O)OC. The average Bonchev–Trinajstić information content (AvgIpc) is 2.23. The molecule has 0 aromatic rings. The molecule has 0 saturated carbocycles. The molecule has 0 bridgehead atoms. The van der Waals surface area contributed by atoms with Crippen molar-refractivity contribution in [3.8, 4) is 0 Å². The molecule has 0 saturated heterocycles. The van der Waals surface area contributed by atoms with Gasteiger partial charge in [-0.05, 0) is 33.7 Å². The van der Waals surface area contributed by atoms with E-state index in [2.05, 4.69) is 32.6 Å². The second kappa shape index (κ2) is 8.57. The van der Waals surface area contributed by atoms with Crippen LogP contribution in [0, 0.1) is 0 Å². The minimum atomic E-state index is -0.117. The van der Waals surface area contributed by atoms with Gasteiger partial charge in [0.1, 0.15) is 0 Å². The van der Waals surface area contributed by atoms with Crippen LogP contribution in [0.4, 0.5) is 0 Å². The van der Waals surface area contributed by atoms with Crippen molar-refractivity contribution in [3.05, 3.63) is 0 Å². The number of hydrogen-bond acceptors (Lipinski definition) is 3. The van der Waals surface area contributed by atoms with Gasteiger partial charge in [0.15, 0.2) is 0 Å². The van der Waals surface area contributed by atoms with Crippen molar-refractivity contribution in [1.82, 2.24) is 4.90 Å². The van der Waals surface area contributed by atoms with Crippen LogP contribution >= 0.6 is 0 Å². The number of unbranched alkanes of at least 4 members (excludes halogenated alkanes) is 2. The summed E-state index contributed by atoms with van der Waals surface area (Å²) in [4.78, 5) is 13.6. The van der Waals surface area contributed by atoms with E-state index in [0.717, 1.165) is 6.54 Å². The van der Waals surface area contributed by atoms with Crippen LogP contribution in [-0.4, -0.2) is 36.6 Å². The van der Waals surface area contributed by atoms with E-state index in [1.54, 1.807) is 0 Å². The molecule has 1 atom stereocenters. The highest BCUT2D eigenvalue weighted by Crippen LogP contribution is 2.11. The minimum Gasteiger partial charge on any atom is -0.469 e. The summed E-state index contributed by atoms with van der Waals surface area (Å²) < 4.78 is 4.71. The largest absolute Gasteiger partial charge is 0.469 e. The van der Waals surface area contributed by atoms with Crippen molar-refractivity contribution in [3.63, 3.8) is 0 Å². The van der Waals surface area contributed by atoms with Crippen LogP contribution in [0.3, 0.4) is 0 Å². The summed E-state index contributed by atoms with van der Waals surface area (Å²) in [7, 11) is 1.45. The van der Waals surface area contributed by atoms with Crippen molar-refractivity contribution < 1.29 is 9.53 Å². The molecule has 0 amide bonds. The topological polar surface area (TPSA) is 29.5 Å². The number of carbonyl (C=O) groups excluding carboxylic acids is 1. The summed E-state index contributed by atoms with van der Waals surface area (Å²) in [6, 6.07) is 0.751. The Morgan fingerprint density at radius 1 is 1.25 bits per heavy atom. The maximum Gasteiger partial charge on any atom is 0.307 e. The summed E-state index contributed by atoms with van der Waals surface area (Å²) in [6.45, 7) is 9.74. The lowest BCUT2D eigenvalue weighted by atomic mass is 10.1. The Morgan fingerprint density at radius 3 is 2.31 bits per heavy atom. The highest BCUT2D eigenvalue weighted by atomic mass is 16.5. The molecule has 0 aromatic carbocycles. The molecule has 0 heterocycles. The minimum absolute atomic E-state index is 0.117. The van der Waals surface area contributed by atoms with Gasteiger partial charge in [-0.15, -0.1) is 0 Å². The van der Waals surface area contributed by atoms with Gasteiger partial charge in [0, 0.05) is 12.1 Å². The second-order valence-electron chi connectivity index (χ2n) is 4.67. The predicted molar refractivity (Wildman–Crippen MR) is 67.5 cm³/mol. The Hall–Kier alpha value is -0.570. The zero-order valence-corrected chi connectivity index (χ0v) is 11.5. The van der Waals surface area contributed by atoms with Gasteiger partial charge < -0.3 is 4.74 Å². The molecule has 0 spiro atoms. The fraction of sp³-hybridized carbons (Fsp3) is 0.923. The van der Waals surface area contributed by atoms with Gasteiger partial charge in [0.25, 0.3) is 0 Å². The molecule has 0 radical (unpaired) electrons. The van der Waals surface area contributed by atoms with Crippen LogP contribution in [0.2, 0.25) is 0 Å². The van der Waals surface area contributed by atoms with Gasteiger partial charge in [0.2, 0.25) is 0 Å². The molecular formula is C13H27NO2. The van der Waals surface area contributed by atoms with E-state index in [0.29, 0.717) is 12.5 Å². The molecule has 3 heteroatoms. The lowest BCUT2D eigenvalue weighted by Gasteiger charge is -2.32. The van der Waals surface area contributed by atoms with Crippen molar-refractivity contribution in [2.45, 2.75) is 65.5 Å². The number of methoxy groups -OCH3 is 1. The van der Waals surface area contributed by atoms with Crippen molar-refractivity contribution >= 4 is 5.97 Å². The lowest BCUT2D eigenvalue weighted by Crippen LogP contribution is -2.40. The zero-order chi connectivity index (χ0) is 12.6. The smallest absolute Gasteiger partial charge is 0.307 e. The molecule has 0 aliphatic carbocycles. The van der Waals surface area contributed by atoms with Gasteiger partial charge in [-0.2, -0.15) is 0 Å². The molecule has 0 aliphatic heterocycles. The molecule has 0 N–H and O–H groups in total. The van der Waals surface area contributed by atoms with Crippen LogP contribution in [-0.2, 0) is 9.53 Å².